The first-order valence-corrected chi connectivity index (χ1v) is 11.6. The van der Waals surface area contributed by atoms with E-state index in [2.05, 4.69) is 20.3 Å². The minimum atomic E-state index is -0.648. The van der Waals surface area contributed by atoms with Crippen LogP contribution in [0.2, 0.25) is 0 Å². The highest BCUT2D eigenvalue weighted by Gasteiger charge is 2.37. The number of H-pyrrole nitrogens is 1. The maximum absolute atomic E-state index is 13.2. The minimum absolute atomic E-state index is 0.0831. The van der Waals surface area contributed by atoms with Gasteiger partial charge in [0.1, 0.15) is 12.4 Å². The maximum atomic E-state index is 13.2. The van der Waals surface area contributed by atoms with Crippen LogP contribution >= 0.6 is 0 Å². The van der Waals surface area contributed by atoms with Crippen molar-refractivity contribution in [1.29, 1.82) is 0 Å². The number of methoxy groups -OCH3 is 1. The summed E-state index contributed by atoms with van der Waals surface area (Å²) in [5.74, 6) is -0.759. The van der Waals surface area contributed by atoms with Crippen LogP contribution in [0.15, 0.2) is 89.8 Å². The van der Waals surface area contributed by atoms with E-state index >= 15 is 0 Å². The number of hydrogen-bond acceptors (Lipinski definition) is 7. The first kappa shape index (κ1) is 24.7. The molecule has 36 heavy (non-hydrogen) atoms. The predicted molar refractivity (Wildman–Crippen MR) is 135 cm³/mol. The second-order valence-electron chi connectivity index (χ2n) is 8.37. The zero-order chi connectivity index (χ0) is 25.5. The summed E-state index contributed by atoms with van der Waals surface area (Å²) >= 11 is 0. The van der Waals surface area contributed by atoms with Crippen LogP contribution in [0.3, 0.4) is 0 Å². The Morgan fingerprint density at radius 2 is 1.78 bits per heavy atom. The number of nitrogens with zero attached hydrogens (tertiary/aromatic N) is 2. The van der Waals surface area contributed by atoms with Crippen molar-refractivity contribution in [1.82, 2.24) is 20.3 Å². The maximum Gasteiger partial charge on any atom is 0.337 e. The third-order valence-corrected chi connectivity index (χ3v) is 5.93. The van der Waals surface area contributed by atoms with Gasteiger partial charge in [-0.05, 0) is 42.7 Å². The number of rotatable bonds is 8. The van der Waals surface area contributed by atoms with Crippen LogP contribution in [0.4, 0.5) is 0 Å². The van der Waals surface area contributed by atoms with E-state index in [-0.39, 0.29) is 6.61 Å². The SMILES string of the molecule is COC(=O)C1=C(C)NC(C)=C(C(=O)OCC=Cc2ccc(Cc3ncc[nH]3)cc2)C1c1cccnc1. The molecule has 1 unspecified atom stereocenters. The normalized spacial score (nSPS) is 15.7. The Kier molecular flexibility index (Phi) is 7.75. The average Bonchev–Trinajstić information content (AvgIpc) is 3.40. The first-order chi connectivity index (χ1) is 17.5. The highest BCUT2D eigenvalue weighted by Crippen LogP contribution is 2.38. The number of benzene rings is 1. The molecular weight excluding hydrogens is 456 g/mol. The molecule has 3 heterocycles. The number of pyridine rings is 1. The third-order valence-electron chi connectivity index (χ3n) is 5.93. The number of ether oxygens (including phenoxy) is 2. The monoisotopic (exact) mass is 484 g/mol. The van der Waals surface area contributed by atoms with Crippen LogP contribution in [-0.2, 0) is 25.5 Å². The first-order valence-electron chi connectivity index (χ1n) is 11.6. The second-order valence-corrected chi connectivity index (χ2v) is 8.37. The summed E-state index contributed by atoms with van der Waals surface area (Å²) in [6.45, 7) is 3.65. The quantitative estimate of drug-likeness (QED) is 0.465. The lowest BCUT2D eigenvalue weighted by atomic mass is 9.81. The zero-order valence-electron chi connectivity index (χ0n) is 20.4. The number of dihydropyridines is 1. The fourth-order valence-corrected chi connectivity index (χ4v) is 4.25. The number of hydrogen-bond donors (Lipinski definition) is 2. The van der Waals surface area contributed by atoms with Crippen molar-refractivity contribution in [2.45, 2.75) is 26.2 Å². The molecule has 8 nitrogen and oxygen atoms in total. The van der Waals surface area contributed by atoms with Crippen molar-refractivity contribution in [3.63, 3.8) is 0 Å². The molecule has 1 aromatic carbocycles. The van der Waals surface area contributed by atoms with E-state index in [0.717, 1.165) is 23.4 Å². The number of carbonyl (C=O) groups is 2. The van der Waals surface area contributed by atoms with Crippen molar-refractivity contribution in [2.24, 2.45) is 0 Å². The van der Waals surface area contributed by atoms with Gasteiger partial charge in [0.2, 0.25) is 0 Å². The van der Waals surface area contributed by atoms with Gasteiger partial charge < -0.3 is 19.8 Å². The van der Waals surface area contributed by atoms with Gasteiger partial charge in [-0.15, -0.1) is 0 Å². The van der Waals surface area contributed by atoms with Crippen LogP contribution < -0.4 is 5.32 Å². The molecule has 4 rings (SSSR count). The molecule has 0 spiro atoms. The fraction of sp³-hybridized carbons (Fsp3) is 0.214. The number of nitrogens with one attached hydrogen (secondary N) is 2. The lowest BCUT2D eigenvalue weighted by Gasteiger charge is -2.30. The Balaban J connectivity index is 1.45. The molecule has 0 bridgehead atoms. The third kappa shape index (κ3) is 5.60. The smallest absolute Gasteiger partial charge is 0.337 e. The predicted octanol–water partition coefficient (Wildman–Crippen LogP) is 4.06. The number of esters is 2. The Hall–Kier alpha value is -4.46. The zero-order valence-corrected chi connectivity index (χ0v) is 20.4. The van der Waals surface area contributed by atoms with E-state index in [1.807, 2.05) is 36.4 Å². The fourth-order valence-electron chi connectivity index (χ4n) is 4.25. The van der Waals surface area contributed by atoms with Gasteiger partial charge in [-0.2, -0.15) is 0 Å². The summed E-state index contributed by atoms with van der Waals surface area (Å²) in [7, 11) is 1.32. The number of allylic oxidation sites excluding steroid dienone is 2. The Labute approximate surface area is 209 Å². The van der Waals surface area contributed by atoms with Crippen LogP contribution in [0, 0.1) is 0 Å². The lowest BCUT2D eigenvalue weighted by molar-refractivity contribution is -0.138. The van der Waals surface area contributed by atoms with E-state index in [1.165, 1.54) is 7.11 Å². The van der Waals surface area contributed by atoms with Gasteiger partial charge in [-0.3, -0.25) is 4.98 Å². The van der Waals surface area contributed by atoms with Gasteiger partial charge >= 0.3 is 11.9 Å². The highest BCUT2D eigenvalue weighted by atomic mass is 16.5. The molecule has 1 aliphatic rings. The molecule has 0 radical (unpaired) electrons. The van der Waals surface area contributed by atoms with E-state index in [4.69, 9.17) is 9.47 Å². The summed E-state index contributed by atoms with van der Waals surface area (Å²) in [6.07, 6.45) is 11.2. The van der Waals surface area contributed by atoms with Crippen LogP contribution in [0.1, 0.15) is 42.3 Å². The lowest BCUT2D eigenvalue weighted by Crippen LogP contribution is -2.32. The number of aromatic nitrogens is 3. The topological polar surface area (TPSA) is 106 Å². The Morgan fingerprint density at radius 3 is 2.42 bits per heavy atom. The molecule has 0 amide bonds. The summed E-state index contributed by atoms with van der Waals surface area (Å²) in [5.41, 5.74) is 4.79. The van der Waals surface area contributed by atoms with Crippen LogP contribution in [0.25, 0.3) is 6.08 Å². The van der Waals surface area contributed by atoms with Gasteiger partial charge in [0, 0.05) is 42.6 Å². The average molecular weight is 485 g/mol. The summed E-state index contributed by atoms with van der Waals surface area (Å²) in [5, 5.41) is 3.12. The molecule has 1 aliphatic heterocycles. The highest BCUT2D eigenvalue weighted by molar-refractivity contribution is 5.99. The van der Waals surface area contributed by atoms with Gasteiger partial charge in [-0.25, -0.2) is 14.6 Å². The van der Waals surface area contributed by atoms with Crippen molar-refractivity contribution < 1.29 is 19.1 Å². The second kappa shape index (κ2) is 11.3. The molecule has 1 atom stereocenters. The summed E-state index contributed by atoms with van der Waals surface area (Å²) in [4.78, 5) is 37.4. The van der Waals surface area contributed by atoms with Crippen molar-refractivity contribution >= 4 is 18.0 Å². The molecule has 2 aromatic heterocycles. The van der Waals surface area contributed by atoms with Crippen molar-refractivity contribution in [3.05, 3.63) is 112 Å². The van der Waals surface area contributed by atoms with Crippen molar-refractivity contribution in [2.75, 3.05) is 13.7 Å². The van der Waals surface area contributed by atoms with E-state index < -0.39 is 17.9 Å². The Morgan fingerprint density at radius 1 is 1.03 bits per heavy atom. The summed E-state index contributed by atoms with van der Waals surface area (Å²) < 4.78 is 10.6. The molecule has 0 fully saturated rings. The number of imidazole rings is 1. The van der Waals surface area contributed by atoms with E-state index in [0.29, 0.717) is 28.1 Å². The van der Waals surface area contributed by atoms with Crippen LogP contribution in [0.5, 0.6) is 0 Å². The number of carbonyl (C=O) groups excluding carboxylic acids is 2. The van der Waals surface area contributed by atoms with E-state index in [9.17, 15) is 9.59 Å². The molecule has 0 saturated carbocycles. The molecule has 8 heteroatoms. The van der Waals surface area contributed by atoms with Gasteiger partial charge in [0.15, 0.2) is 0 Å². The molecule has 3 aromatic rings. The number of aromatic amines is 1. The Bertz CT molecular complexity index is 1310. The molecule has 2 N–H and O–H groups in total. The molecule has 0 aliphatic carbocycles. The standard InChI is InChI=1S/C28H28N4O4/c1-18-24(27(33)35-3)26(22-7-4-12-29-17-22)25(19(2)32-18)28(34)36-15-5-6-20-8-10-21(11-9-20)16-23-30-13-14-31-23/h4-14,17,26,32H,15-16H2,1-3H3,(H,30,31). The van der Waals surface area contributed by atoms with E-state index in [1.54, 1.807) is 50.8 Å². The molecule has 0 saturated heterocycles. The van der Waals surface area contributed by atoms with Gasteiger partial charge in [0.25, 0.3) is 0 Å². The van der Waals surface area contributed by atoms with Crippen LogP contribution in [-0.4, -0.2) is 40.6 Å². The minimum Gasteiger partial charge on any atom is -0.466 e. The largest absolute Gasteiger partial charge is 0.466 e. The van der Waals surface area contributed by atoms with Gasteiger partial charge in [-0.1, -0.05) is 36.4 Å². The van der Waals surface area contributed by atoms with Crippen molar-refractivity contribution in [3.8, 4) is 0 Å². The molecular formula is C28H28N4O4. The molecule has 184 valence electrons. The summed E-state index contributed by atoms with van der Waals surface area (Å²) in [6, 6.07) is 11.7. The van der Waals surface area contributed by atoms with Gasteiger partial charge in [0.05, 0.1) is 24.2 Å².